The number of nitrogens with zero attached hydrogens (tertiary/aromatic N) is 7. The zero-order chi connectivity index (χ0) is 34.0. The van der Waals surface area contributed by atoms with Crippen molar-refractivity contribution in [2.45, 2.75) is 65.1 Å². The minimum absolute atomic E-state index is 0.0359. The number of carbonyl (C=O) groups is 1. The van der Waals surface area contributed by atoms with Crippen molar-refractivity contribution in [3.8, 4) is 17.2 Å². The van der Waals surface area contributed by atoms with E-state index in [2.05, 4.69) is 24.7 Å². The molecule has 12 heteroatoms. The highest BCUT2D eigenvalue weighted by atomic mass is 19.1. The number of rotatable bonds is 12. The molecule has 11 nitrogen and oxygen atoms in total. The molecule has 2 aromatic heterocycles. The van der Waals surface area contributed by atoms with Crippen LogP contribution in [0.25, 0.3) is 0 Å². The third-order valence-electron chi connectivity index (χ3n) is 10.4. The van der Waals surface area contributed by atoms with Gasteiger partial charge in [0.25, 0.3) is 5.91 Å². The summed E-state index contributed by atoms with van der Waals surface area (Å²) in [7, 11) is 0. The number of benzene rings is 1. The smallest absolute Gasteiger partial charge is 0.257 e. The highest BCUT2D eigenvalue weighted by Gasteiger charge is 2.54. The van der Waals surface area contributed by atoms with Gasteiger partial charge in [0.05, 0.1) is 25.0 Å². The number of morpholine rings is 1. The van der Waals surface area contributed by atoms with E-state index in [1.54, 1.807) is 11.1 Å². The molecule has 0 radical (unpaired) electrons. The maximum absolute atomic E-state index is 14.3. The zero-order valence-corrected chi connectivity index (χ0v) is 28.9. The number of halogens is 1. The van der Waals surface area contributed by atoms with Crippen LogP contribution in [0.5, 0.6) is 17.2 Å². The van der Waals surface area contributed by atoms with E-state index < -0.39 is 5.82 Å². The Bertz CT molecular complexity index is 1620. The Morgan fingerprint density at radius 3 is 2.63 bits per heavy atom. The number of pyridine rings is 1. The van der Waals surface area contributed by atoms with Gasteiger partial charge < -0.3 is 24.0 Å². The number of amides is 1. The second-order valence-corrected chi connectivity index (χ2v) is 14.2. The molecule has 2 saturated heterocycles. The van der Waals surface area contributed by atoms with Crippen LogP contribution in [-0.4, -0.2) is 113 Å². The predicted molar refractivity (Wildman–Crippen MR) is 184 cm³/mol. The first kappa shape index (κ1) is 33.6. The normalized spacial score (nSPS) is 19.3. The fourth-order valence-corrected chi connectivity index (χ4v) is 7.85. The van der Waals surface area contributed by atoms with Crippen LogP contribution in [0.3, 0.4) is 0 Å². The van der Waals surface area contributed by atoms with Gasteiger partial charge in [0, 0.05) is 81.1 Å². The lowest BCUT2D eigenvalue weighted by Gasteiger charge is -2.59. The van der Waals surface area contributed by atoms with E-state index in [0.29, 0.717) is 18.1 Å². The number of hydrogen-bond acceptors (Lipinski definition) is 10. The van der Waals surface area contributed by atoms with Gasteiger partial charge in [-0.1, -0.05) is 0 Å². The average Bonchev–Trinajstić information content (AvgIpc) is 3.07. The van der Waals surface area contributed by atoms with Crippen molar-refractivity contribution in [2.24, 2.45) is 5.41 Å². The molecule has 1 spiro atoms. The summed E-state index contributed by atoms with van der Waals surface area (Å²) in [4.78, 5) is 35.7. The molecule has 0 atom stereocenters. The third-order valence-corrected chi connectivity index (χ3v) is 10.4. The van der Waals surface area contributed by atoms with Crippen molar-refractivity contribution in [2.75, 3.05) is 70.5 Å². The maximum atomic E-state index is 14.3. The third kappa shape index (κ3) is 7.36. The lowest BCUT2D eigenvalue weighted by Crippen LogP contribution is -2.65. The molecule has 3 aliphatic heterocycles. The van der Waals surface area contributed by atoms with E-state index in [0.717, 1.165) is 97.0 Å². The molecule has 49 heavy (non-hydrogen) atoms. The summed E-state index contributed by atoms with van der Waals surface area (Å²) in [5.74, 6) is 1.60. The Morgan fingerprint density at radius 2 is 1.86 bits per heavy atom. The van der Waals surface area contributed by atoms with Gasteiger partial charge in [-0.3, -0.25) is 19.6 Å². The number of anilines is 1. The summed E-state index contributed by atoms with van der Waals surface area (Å²) >= 11 is 0. The van der Waals surface area contributed by atoms with E-state index in [9.17, 15) is 9.18 Å². The Kier molecular flexibility index (Phi) is 9.98. The SMILES string of the molecule is CCN(C(=O)c1cc(F)ccc1Oc1cncnc1N1CC2(CC(Oc3ccnc4c3CN(CCCN3CCOCC3)CC4)C2)C1)C(C)C. The molecule has 3 aromatic rings. The van der Waals surface area contributed by atoms with Crippen molar-refractivity contribution in [1.82, 2.24) is 29.7 Å². The van der Waals surface area contributed by atoms with Gasteiger partial charge in [-0.05, 0) is 77.4 Å². The number of aromatic nitrogens is 3. The Hall–Kier alpha value is -3.87. The van der Waals surface area contributed by atoms with Crippen LogP contribution in [0.2, 0.25) is 0 Å². The van der Waals surface area contributed by atoms with Crippen LogP contribution in [0.15, 0.2) is 43.0 Å². The summed E-state index contributed by atoms with van der Waals surface area (Å²) < 4.78 is 32.7. The van der Waals surface area contributed by atoms with Gasteiger partial charge in [0.1, 0.15) is 29.7 Å². The summed E-state index contributed by atoms with van der Waals surface area (Å²) in [5.41, 5.74) is 2.76. The van der Waals surface area contributed by atoms with Crippen LogP contribution >= 0.6 is 0 Å². The molecule has 1 aromatic carbocycles. The fourth-order valence-electron chi connectivity index (χ4n) is 7.85. The van der Waals surface area contributed by atoms with Gasteiger partial charge >= 0.3 is 0 Å². The van der Waals surface area contributed by atoms with Crippen LogP contribution < -0.4 is 14.4 Å². The van der Waals surface area contributed by atoms with E-state index >= 15 is 0 Å². The molecule has 1 saturated carbocycles. The lowest BCUT2D eigenvalue weighted by atomic mass is 9.61. The molecule has 5 heterocycles. The Morgan fingerprint density at radius 1 is 1.06 bits per heavy atom. The zero-order valence-electron chi connectivity index (χ0n) is 28.9. The summed E-state index contributed by atoms with van der Waals surface area (Å²) in [5, 5.41) is 0. The molecule has 262 valence electrons. The standard InChI is InChI=1S/C37H48FN7O4/c1-4-45(26(2)3)36(46)29-18-27(38)6-7-32(29)49-34-21-39-25-41-35(34)44-23-37(24-44)19-28(20-37)48-33-8-10-40-31-9-13-43(22-30(31)33)12-5-11-42-14-16-47-17-15-42/h6-8,10,18,21,25-26,28H,4-5,9,11-17,19-20,22-24H2,1-3H3. The summed E-state index contributed by atoms with van der Waals surface area (Å²) in [6.07, 6.45) is 9.24. The van der Waals surface area contributed by atoms with E-state index in [1.165, 1.54) is 35.8 Å². The quantitative estimate of drug-likeness (QED) is 0.267. The number of hydrogen-bond donors (Lipinski definition) is 0. The largest absolute Gasteiger partial charge is 0.490 e. The monoisotopic (exact) mass is 673 g/mol. The molecule has 3 fully saturated rings. The minimum Gasteiger partial charge on any atom is -0.490 e. The molecule has 0 N–H and O–H groups in total. The van der Waals surface area contributed by atoms with Crippen LogP contribution in [0.4, 0.5) is 10.2 Å². The first-order chi connectivity index (χ1) is 23.8. The summed E-state index contributed by atoms with van der Waals surface area (Å²) in [6.45, 7) is 15.8. The average molecular weight is 674 g/mol. The van der Waals surface area contributed by atoms with Crippen LogP contribution in [-0.2, 0) is 17.7 Å². The molecule has 1 aliphatic carbocycles. The molecular formula is C37H48FN7O4. The number of carbonyl (C=O) groups excluding carboxylic acids is 1. The maximum Gasteiger partial charge on any atom is 0.257 e. The first-order valence-electron chi connectivity index (χ1n) is 17.8. The van der Waals surface area contributed by atoms with E-state index in [1.807, 2.05) is 33.0 Å². The van der Waals surface area contributed by atoms with Crippen molar-refractivity contribution in [1.29, 1.82) is 0 Å². The van der Waals surface area contributed by atoms with Gasteiger partial charge in [-0.2, -0.15) is 0 Å². The van der Waals surface area contributed by atoms with Crippen molar-refractivity contribution in [3.63, 3.8) is 0 Å². The Labute approximate surface area is 288 Å². The van der Waals surface area contributed by atoms with Gasteiger partial charge in [-0.15, -0.1) is 0 Å². The molecule has 4 aliphatic rings. The summed E-state index contributed by atoms with van der Waals surface area (Å²) in [6, 6.07) is 6.04. The molecule has 0 bridgehead atoms. The van der Waals surface area contributed by atoms with Gasteiger partial charge in [-0.25, -0.2) is 14.4 Å². The van der Waals surface area contributed by atoms with Crippen LogP contribution in [0.1, 0.15) is 61.6 Å². The molecule has 1 amide bonds. The second kappa shape index (κ2) is 14.5. The first-order valence-corrected chi connectivity index (χ1v) is 17.8. The lowest BCUT2D eigenvalue weighted by molar-refractivity contribution is -0.0353. The van der Waals surface area contributed by atoms with Crippen molar-refractivity contribution < 1.29 is 23.4 Å². The number of ether oxygens (including phenoxy) is 3. The fraction of sp³-hybridized carbons (Fsp3) is 0.568. The Balaban J connectivity index is 0.947. The minimum atomic E-state index is -0.490. The predicted octanol–water partition coefficient (Wildman–Crippen LogP) is 4.80. The second-order valence-electron chi connectivity index (χ2n) is 14.2. The van der Waals surface area contributed by atoms with E-state index in [-0.39, 0.29) is 34.8 Å². The number of fused-ring (bicyclic) bond motifs is 1. The van der Waals surface area contributed by atoms with E-state index in [4.69, 9.17) is 19.2 Å². The van der Waals surface area contributed by atoms with Crippen LogP contribution in [0, 0.1) is 11.2 Å². The van der Waals surface area contributed by atoms with Crippen molar-refractivity contribution in [3.05, 3.63) is 65.6 Å². The van der Waals surface area contributed by atoms with Gasteiger partial charge in [0.15, 0.2) is 11.6 Å². The van der Waals surface area contributed by atoms with Crippen molar-refractivity contribution >= 4 is 11.7 Å². The molecule has 0 unspecified atom stereocenters. The highest BCUT2D eigenvalue weighted by molar-refractivity contribution is 5.97. The highest BCUT2D eigenvalue weighted by Crippen LogP contribution is 2.52. The topological polar surface area (TPSA) is 96.4 Å². The molecule has 7 rings (SSSR count). The molecular weight excluding hydrogens is 625 g/mol. The van der Waals surface area contributed by atoms with Gasteiger partial charge in [0.2, 0.25) is 0 Å².